The van der Waals surface area contributed by atoms with Crippen LogP contribution in [0.1, 0.15) is 5.56 Å². The largest absolute Gasteiger partial charge is 0.384 e. The quantitative estimate of drug-likeness (QED) is 0.818. The van der Waals surface area contributed by atoms with Gasteiger partial charge in [-0.05, 0) is 17.7 Å². The Labute approximate surface area is 96.5 Å². The second kappa shape index (κ2) is 5.86. The van der Waals surface area contributed by atoms with Crippen LogP contribution in [0.4, 0.5) is 5.69 Å². The Morgan fingerprint density at radius 1 is 1.38 bits per heavy atom. The predicted octanol–water partition coefficient (Wildman–Crippen LogP) is 1.29. The maximum atomic E-state index is 10.9. The Kier molecular flexibility index (Phi) is 4.76. The van der Waals surface area contributed by atoms with Crippen LogP contribution in [0.2, 0.25) is 0 Å². The van der Waals surface area contributed by atoms with Crippen molar-refractivity contribution in [2.45, 2.75) is 6.61 Å². The number of sulfone groups is 1. The Hall–Kier alpha value is -1.07. The molecule has 0 fully saturated rings. The molecule has 0 amide bonds. The summed E-state index contributed by atoms with van der Waals surface area (Å²) in [6.45, 7) is 0.983. The third-order valence-corrected chi connectivity index (χ3v) is 2.99. The molecule has 0 aliphatic rings. The van der Waals surface area contributed by atoms with Gasteiger partial charge in [-0.2, -0.15) is 0 Å². The lowest BCUT2D eigenvalue weighted by Crippen LogP contribution is -2.14. The molecule has 0 heterocycles. The van der Waals surface area contributed by atoms with E-state index in [4.69, 9.17) is 4.74 Å². The SMILES string of the molecule is COCc1cccc(NCCS(C)(=O)=O)c1. The first-order valence-corrected chi connectivity index (χ1v) is 7.07. The average molecular weight is 243 g/mol. The Balaban J connectivity index is 2.51. The van der Waals surface area contributed by atoms with Gasteiger partial charge in [0.1, 0.15) is 9.84 Å². The van der Waals surface area contributed by atoms with Gasteiger partial charge in [-0.1, -0.05) is 12.1 Å². The van der Waals surface area contributed by atoms with Crippen molar-refractivity contribution in [1.82, 2.24) is 0 Å². The van der Waals surface area contributed by atoms with Gasteiger partial charge in [-0.25, -0.2) is 8.42 Å². The van der Waals surface area contributed by atoms with Crippen LogP contribution in [-0.2, 0) is 21.2 Å². The van der Waals surface area contributed by atoms with Gasteiger partial charge >= 0.3 is 0 Å². The Morgan fingerprint density at radius 2 is 2.12 bits per heavy atom. The number of rotatable bonds is 6. The minimum atomic E-state index is -2.90. The van der Waals surface area contributed by atoms with Crippen LogP contribution >= 0.6 is 0 Å². The van der Waals surface area contributed by atoms with Crippen LogP contribution < -0.4 is 5.32 Å². The van der Waals surface area contributed by atoms with E-state index in [0.717, 1.165) is 11.3 Å². The Bertz CT molecular complexity index is 429. The van der Waals surface area contributed by atoms with Crippen molar-refractivity contribution >= 4 is 15.5 Å². The fourth-order valence-electron chi connectivity index (χ4n) is 1.32. The standard InChI is InChI=1S/C11H17NO3S/c1-15-9-10-4-3-5-11(8-10)12-6-7-16(2,13)14/h3-5,8,12H,6-7,9H2,1-2H3. The first-order chi connectivity index (χ1) is 7.51. The summed E-state index contributed by atoms with van der Waals surface area (Å²) in [6, 6.07) is 7.73. The molecule has 0 atom stereocenters. The molecule has 0 aromatic heterocycles. The molecular formula is C11H17NO3S. The van der Waals surface area contributed by atoms with Crippen molar-refractivity contribution < 1.29 is 13.2 Å². The molecule has 0 saturated heterocycles. The van der Waals surface area contributed by atoms with E-state index in [1.807, 2.05) is 24.3 Å². The Morgan fingerprint density at radius 3 is 2.75 bits per heavy atom. The van der Waals surface area contributed by atoms with Crippen molar-refractivity contribution in [3.05, 3.63) is 29.8 Å². The van der Waals surface area contributed by atoms with E-state index >= 15 is 0 Å². The molecule has 4 nitrogen and oxygen atoms in total. The molecule has 0 spiro atoms. The van der Waals surface area contributed by atoms with E-state index in [-0.39, 0.29) is 5.75 Å². The van der Waals surface area contributed by atoms with E-state index in [1.165, 1.54) is 6.26 Å². The summed E-state index contributed by atoms with van der Waals surface area (Å²) in [7, 11) is -1.26. The molecule has 0 radical (unpaired) electrons. The number of benzene rings is 1. The summed E-state index contributed by atoms with van der Waals surface area (Å²) in [4.78, 5) is 0. The van der Waals surface area contributed by atoms with Gasteiger partial charge in [0.05, 0.1) is 12.4 Å². The lowest BCUT2D eigenvalue weighted by molar-refractivity contribution is 0.185. The first kappa shape index (κ1) is 13.0. The molecule has 0 bridgehead atoms. The summed E-state index contributed by atoms with van der Waals surface area (Å²) in [6.07, 6.45) is 1.23. The molecule has 0 aliphatic carbocycles. The van der Waals surface area contributed by atoms with Gasteiger partial charge < -0.3 is 10.1 Å². The molecule has 1 N–H and O–H groups in total. The highest BCUT2D eigenvalue weighted by atomic mass is 32.2. The number of ether oxygens (including phenoxy) is 1. The third-order valence-electron chi connectivity index (χ3n) is 2.04. The van der Waals surface area contributed by atoms with Crippen LogP contribution in [0.3, 0.4) is 0 Å². The van der Waals surface area contributed by atoms with Crippen LogP contribution in [0.5, 0.6) is 0 Å². The topological polar surface area (TPSA) is 55.4 Å². The van der Waals surface area contributed by atoms with Crippen molar-refractivity contribution in [2.75, 3.05) is 31.0 Å². The maximum Gasteiger partial charge on any atom is 0.149 e. The molecule has 0 aliphatic heterocycles. The van der Waals surface area contributed by atoms with E-state index in [2.05, 4.69) is 5.32 Å². The van der Waals surface area contributed by atoms with Crippen LogP contribution in [0.25, 0.3) is 0 Å². The second-order valence-electron chi connectivity index (χ2n) is 3.69. The van der Waals surface area contributed by atoms with E-state index in [0.29, 0.717) is 13.2 Å². The smallest absolute Gasteiger partial charge is 0.149 e. The zero-order valence-electron chi connectivity index (χ0n) is 9.56. The van der Waals surface area contributed by atoms with E-state index < -0.39 is 9.84 Å². The highest BCUT2D eigenvalue weighted by molar-refractivity contribution is 7.90. The number of methoxy groups -OCH3 is 1. The molecule has 1 aromatic rings. The average Bonchev–Trinajstić information content (AvgIpc) is 2.17. The molecule has 5 heteroatoms. The fraction of sp³-hybridized carbons (Fsp3) is 0.455. The van der Waals surface area contributed by atoms with E-state index in [1.54, 1.807) is 7.11 Å². The number of hydrogen-bond donors (Lipinski definition) is 1. The molecule has 0 unspecified atom stereocenters. The molecule has 90 valence electrons. The minimum Gasteiger partial charge on any atom is -0.384 e. The summed E-state index contributed by atoms with van der Waals surface area (Å²) in [5.74, 6) is 0.140. The highest BCUT2D eigenvalue weighted by Gasteiger charge is 2.01. The van der Waals surface area contributed by atoms with E-state index in [9.17, 15) is 8.42 Å². The van der Waals surface area contributed by atoms with Gasteiger partial charge in [0.2, 0.25) is 0 Å². The van der Waals surface area contributed by atoms with Crippen LogP contribution in [0, 0.1) is 0 Å². The summed E-state index contributed by atoms with van der Waals surface area (Å²) >= 11 is 0. The highest BCUT2D eigenvalue weighted by Crippen LogP contribution is 2.10. The first-order valence-electron chi connectivity index (χ1n) is 5.01. The molecule has 1 rings (SSSR count). The van der Waals surface area contributed by atoms with Gasteiger partial charge in [-0.3, -0.25) is 0 Å². The number of nitrogens with one attached hydrogen (secondary N) is 1. The van der Waals surface area contributed by atoms with Crippen LogP contribution in [0.15, 0.2) is 24.3 Å². The second-order valence-corrected chi connectivity index (χ2v) is 5.95. The normalized spacial score (nSPS) is 11.4. The van der Waals surface area contributed by atoms with Crippen molar-refractivity contribution in [3.8, 4) is 0 Å². The summed E-state index contributed by atoms with van der Waals surface area (Å²) in [5.41, 5.74) is 1.98. The predicted molar refractivity (Wildman–Crippen MR) is 65.4 cm³/mol. The zero-order valence-corrected chi connectivity index (χ0v) is 10.4. The lowest BCUT2D eigenvalue weighted by Gasteiger charge is -2.07. The van der Waals surface area contributed by atoms with Gasteiger partial charge in [-0.15, -0.1) is 0 Å². The fourth-order valence-corrected chi connectivity index (χ4v) is 1.79. The van der Waals surface area contributed by atoms with Crippen molar-refractivity contribution in [1.29, 1.82) is 0 Å². The van der Waals surface area contributed by atoms with Crippen LogP contribution in [-0.4, -0.2) is 34.1 Å². The van der Waals surface area contributed by atoms with Gasteiger partial charge in [0, 0.05) is 25.6 Å². The monoisotopic (exact) mass is 243 g/mol. The van der Waals surface area contributed by atoms with Crippen molar-refractivity contribution in [3.63, 3.8) is 0 Å². The molecule has 16 heavy (non-hydrogen) atoms. The number of hydrogen-bond acceptors (Lipinski definition) is 4. The summed E-state index contributed by atoms with van der Waals surface area (Å²) < 4.78 is 26.9. The van der Waals surface area contributed by atoms with Gasteiger partial charge in [0.15, 0.2) is 0 Å². The molecule has 1 aromatic carbocycles. The van der Waals surface area contributed by atoms with Crippen molar-refractivity contribution in [2.24, 2.45) is 0 Å². The maximum absolute atomic E-state index is 10.9. The van der Waals surface area contributed by atoms with Gasteiger partial charge in [0.25, 0.3) is 0 Å². The summed E-state index contributed by atoms with van der Waals surface area (Å²) in [5, 5.41) is 3.07. The lowest BCUT2D eigenvalue weighted by atomic mass is 10.2. The zero-order chi connectivity index (χ0) is 12.0. The molecular weight excluding hydrogens is 226 g/mol. The minimum absolute atomic E-state index is 0.140. The third kappa shape index (κ3) is 5.14. The number of anilines is 1. The molecule has 0 saturated carbocycles.